The molecular weight excluding hydrogens is 213 g/mol. The maximum absolute atomic E-state index is 10.6. The van der Waals surface area contributed by atoms with Gasteiger partial charge in [-0.2, -0.15) is 0 Å². The van der Waals surface area contributed by atoms with Gasteiger partial charge in [-0.1, -0.05) is 0 Å². The standard InChI is InChI=1S/CHF3OTe/c2-1(3,4)5-6/h6H. The summed E-state index contributed by atoms with van der Waals surface area (Å²) in [7, 11) is 0. The molecule has 0 aliphatic carbocycles. The molecule has 1 nitrogen and oxygen atoms in total. The van der Waals surface area contributed by atoms with Crippen molar-refractivity contribution in [2.24, 2.45) is 0 Å². The molecule has 0 fully saturated rings. The Bertz CT molecular complexity index is 40.5. The fraction of sp³-hybridized carbons (Fsp3) is 1.00. The van der Waals surface area contributed by atoms with Crippen molar-refractivity contribution in [2.75, 3.05) is 0 Å². The molecule has 0 amide bonds. The van der Waals surface area contributed by atoms with Gasteiger partial charge in [0.2, 0.25) is 0 Å². The van der Waals surface area contributed by atoms with Gasteiger partial charge >= 0.3 is 45.3 Å². The molecule has 0 aliphatic rings. The Morgan fingerprint density at radius 3 is 1.50 bits per heavy atom. The second-order valence-electron chi connectivity index (χ2n) is 0.537. The van der Waals surface area contributed by atoms with Gasteiger partial charge < -0.3 is 0 Å². The van der Waals surface area contributed by atoms with Crippen LogP contribution in [0.3, 0.4) is 0 Å². The second-order valence-corrected chi connectivity index (χ2v) is 1.06. The monoisotopic (exact) mass is 216 g/mol. The molecule has 0 saturated carbocycles. The van der Waals surface area contributed by atoms with Gasteiger partial charge in [-0.05, 0) is 0 Å². The predicted octanol–water partition coefficient (Wildman–Crippen LogP) is 0.339. The van der Waals surface area contributed by atoms with Crippen molar-refractivity contribution in [3.8, 4) is 0 Å². The molecule has 0 aliphatic heterocycles. The first kappa shape index (κ1) is 6.54. The minimum absolute atomic E-state index is 0.274. The van der Waals surface area contributed by atoms with Crippen molar-refractivity contribution >= 4 is 22.7 Å². The molecule has 5 heteroatoms. The van der Waals surface area contributed by atoms with E-state index in [1.54, 1.807) is 0 Å². The second kappa shape index (κ2) is 2.01. The summed E-state index contributed by atoms with van der Waals surface area (Å²) in [5.41, 5.74) is 0. The Balaban J connectivity index is 3.17. The van der Waals surface area contributed by atoms with Crippen molar-refractivity contribution in [3.63, 3.8) is 0 Å². The van der Waals surface area contributed by atoms with E-state index in [1.165, 1.54) is 0 Å². The Hall–Kier alpha value is 0.540. The molecule has 0 rings (SSSR count). The van der Waals surface area contributed by atoms with Crippen LogP contribution in [0.15, 0.2) is 0 Å². The third-order valence-electron chi connectivity index (χ3n) is 0.104. The van der Waals surface area contributed by atoms with E-state index in [0.717, 1.165) is 0 Å². The van der Waals surface area contributed by atoms with Gasteiger partial charge in [-0.15, -0.1) is 0 Å². The molecule has 0 bridgehead atoms. The molecule has 0 unspecified atom stereocenters. The van der Waals surface area contributed by atoms with Gasteiger partial charge in [0, 0.05) is 0 Å². The van der Waals surface area contributed by atoms with Crippen LogP contribution < -0.4 is 0 Å². The van der Waals surface area contributed by atoms with E-state index in [-0.39, 0.29) is 22.7 Å². The summed E-state index contributed by atoms with van der Waals surface area (Å²) in [6.07, 6.45) is -4.44. The zero-order valence-corrected chi connectivity index (χ0v) is 5.04. The zero-order valence-electron chi connectivity index (χ0n) is 2.49. The average Bonchev–Trinajstić information content (AvgIpc) is 1.35. The Morgan fingerprint density at radius 2 is 1.50 bits per heavy atom. The van der Waals surface area contributed by atoms with E-state index in [1.807, 2.05) is 0 Å². The number of rotatable bonds is 0. The number of halogens is 3. The number of alkyl halides is 3. The van der Waals surface area contributed by atoms with Crippen LogP contribution in [0.1, 0.15) is 0 Å². The average molecular weight is 214 g/mol. The van der Waals surface area contributed by atoms with Crippen LogP contribution >= 0.6 is 0 Å². The van der Waals surface area contributed by atoms with Gasteiger partial charge in [0.05, 0.1) is 0 Å². The summed E-state index contributed by atoms with van der Waals surface area (Å²) < 4.78 is 34.7. The van der Waals surface area contributed by atoms with Crippen LogP contribution in [0.2, 0.25) is 0 Å². The first-order valence-corrected chi connectivity index (χ1v) is 2.00. The Kier molecular flexibility index (Phi) is 2.19. The summed E-state index contributed by atoms with van der Waals surface area (Å²) in [5, 5.41) is 0. The molecule has 0 aromatic heterocycles. The molecule has 38 valence electrons. The third kappa shape index (κ3) is 4.54. The quantitative estimate of drug-likeness (QED) is 0.528. The molecule has 0 aromatic carbocycles. The minimum atomic E-state index is -4.44. The molecule has 0 heterocycles. The van der Waals surface area contributed by atoms with Crippen LogP contribution in [0.25, 0.3) is 0 Å². The first-order valence-electron chi connectivity index (χ1n) is 0.954. The molecule has 6 heavy (non-hydrogen) atoms. The SMILES string of the molecule is FC(F)(F)O[TeH]. The van der Waals surface area contributed by atoms with Crippen LogP contribution in [-0.2, 0) is 3.10 Å². The maximum atomic E-state index is 10.6. The molecular formula is CHF3OTe. The fourth-order valence-corrected chi connectivity index (χ4v) is 0. The predicted molar refractivity (Wildman–Crippen MR) is 14.3 cm³/mol. The zero-order chi connectivity index (χ0) is 5.21. The van der Waals surface area contributed by atoms with Crippen LogP contribution in [0.5, 0.6) is 0 Å². The van der Waals surface area contributed by atoms with Crippen LogP contribution in [0, 0.1) is 0 Å². The normalized spacial score (nSPS) is 12.0. The Labute approximate surface area is 45.9 Å². The first-order chi connectivity index (χ1) is 2.56. The van der Waals surface area contributed by atoms with Gasteiger partial charge in [-0.25, -0.2) is 0 Å². The van der Waals surface area contributed by atoms with Crippen molar-refractivity contribution in [2.45, 2.75) is 6.36 Å². The number of hydrogen-bond donors (Lipinski definition) is 0. The molecule has 0 atom stereocenters. The van der Waals surface area contributed by atoms with E-state index in [2.05, 4.69) is 3.10 Å². The summed E-state index contributed by atoms with van der Waals surface area (Å²) in [6, 6.07) is 0. The molecule has 0 radical (unpaired) electrons. The van der Waals surface area contributed by atoms with Gasteiger partial charge in [0.1, 0.15) is 0 Å². The topological polar surface area (TPSA) is 9.23 Å². The van der Waals surface area contributed by atoms with Gasteiger partial charge in [0.25, 0.3) is 0 Å². The van der Waals surface area contributed by atoms with Crippen molar-refractivity contribution in [3.05, 3.63) is 0 Å². The molecule has 0 saturated heterocycles. The van der Waals surface area contributed by atoms with E-state index < -0.39 is 6.36 Å². The Morgan fingerprint density at radius 1 is 1.33 bits per heavy atom. The van der Waals surface area contributed by atoms with E-state index in [4.69, 9.17) is 0 Å². The summed E-state index contributed by atoms with van der Waals surface area (Å²) in [6.45, 7) is 0. The van der Waals surface area contributed by atoms with Crippen molar-refractivity contribution in [1.29, 1.82) is 0 Å². The van der Waals surface area contributed by atoms with Crippen molar-refractivity contribution in [1.82, 2.24) is 0 Å². The molecule has 0 aromatic rings. The third-order valence-corrected chi connectivity index (χ3v) is 0.694. The number of hydrogen-bond acceptors (Lipinski definition) is 1. The van der Waals surface area contributed by atoms with Gasteiger partial charge in [-0.3, -0.25) is 0 Å². The molecule has 0 N–H and O–H groups in total. The van der Waals surface area contributed by atoms with Crippen LogP contribution in [0.4, 0.5) is 13.2 Å². The van der Waals surface area contributed by atoms with E-state index in [0.29, 0.717) is 0 Å². The summed E-state index contributed by atoms with van der Waals surface area (Å²) >= 11 is 0.274. The molecule has 0 spiro atoms. The van der Waals surface area contributed by atoms with Gasteiger partial charge in [0.15, 0.2) is 0 Å². The van der Waals surface area contributed by atoms with Crippen LogP contribution in [-0.4, -0.2) is 29.1 Å². The fourth-order valence-electron chi connectivity index (χ4n) is 0. The summed E-state index contributed by atoms with van der Waals surface area (Å²) in [5.74, 6) is 0. The van der Waals surface area contributed by atoms with E-state index in [9.17, 15) is 13.2 Å². The van der Waals surface area contributed by atoms with Crippen molar-refractivity contribution < 1.29 is 16.3 Å². The van der Waals surface area contributed by atoms with E-state index >= 15 is 0 Å². The summed E-state index contributed by atoms with van der Waals surface area (Å²) in [4.78, 5) is 0.